The van der Waals surface area contributed by atoms with E-state index in [1.54, 1.807) is 12.1 Å². The fourth-order valence-electron chi connectivity index (χ4n) is 3.81. The van der Waals surface area contributed by atoms with E-state index in [4.69, 9.17) is 27.6 Å². The second-order valence-electron chi connectivity index (χ2n) is 10.5. The summed E-state index contributed by atoms with van der Waals surface area (Å²) in [5.41, 5.74) is 1.90. The summed E-state index contributed by atoms with van der Waals surface area (Å²) in [7, 11) is -2.15. The monoisotopic (exact) mass is 481 g/mol. The molecule has 0 aliphatic carbocycles. The predicted octanol–water partition coefficient (Wildman–Crippen LogP) is 8.28. The lowest BCUT2D eigenvalue weighted by molar-refractivity contribution is 0.101. The predicted molar refractivity (Wildman–Crippen MR) is 132 cm³/mol. The molecule has 31 heavy (non-hydrogen) atoms. The third-order valence-corrected chi connectivity index (χ3v) is 11.8. The van der Waals surface area contributed by atoms with Crippen LogP contribution in [0.15, 0.2) is 42.5 Å². The minimum atomic E-state index is -2.15. The molecular weight excluding hydrogens is 448 g/mol. The second-order valence-corrected chi connectivity index (χ2v) is 16.1. The zero-order valence-corrected chi connectivity index (χ0v) is 22.1. The lowest BCUT2D eigenvalue weighted by Gasteiger charge is -2.42. The third-order valence-electron chi connectivity index (χ3n) is 6.79. The Morgan fingerprint density at radius 1 is 1.06 bits per heavy atom. The Bertz CT molecular complexity index is 928. The quantitative estimate of drug-likeness (QED) is 0.291. The lowest BCUT2D eigenvalue weighted by Crippen LogP contribution is -2.43. The van der Waals surface area contributed by atoms with Crippen molar-refractivity contribution in [2.45, 2.75) is 70.9 Å². The maximum absolute atomic E-state index is 14.5. The van der Waals surface area contributed by atoms with E-state index < -0.39 is 14.1 Å². The van der Waals surface area contributed by atoms with Gasteiger partial charge in [-0.1, -0.05) is 76.0 Å². The number of hydrogen-bond donors (Lipinski definition) is 0. The minimum Gasteiger partial charge on any atom is -0.408 e. The summed E-state index contributed by atoms with van der Waals surface area (Å²) in [6.45, 7) is 16.6. The third kappa shape index (κ3) is 5.54. The molecule has 0 radical (unpaired) electrons. The molecule has 1 aliphatic rings. The average Bonchev–Trinajstić information content (AvgIpc) is 3.44. The van der Waals surface area contributed by atoms with Crippen LogP contribution in [-0.2, 0) is 4.43 Å². The highest BCUT2D eigenvalue weighted by molar-refractivity contribution is 6.74. The van der Waals surface area contributed by atoms with E-state index in [1.165, 1.54) is 0 Å². The highest BCUT2D eigenvalue weighted by atomic mass is 35.5. The van der Waals surface area contributed by atoms with Crippen molar-refractivity contribution in [3.63, 3.8) is 0 Å². The SMILES string of the molecule is CC(C)C1CN1[C@H](c1ccc(Cl)c(F)c1)[C@H](O[Si](C)(C)C(C)(C)C)c1cccc(Cl)c1. The fraction of sp³-hybridized carbons (Fsp3) is 0.520. The minimum absolute atomic E-state index is 0.0377. The van der Waals surface area contributed by atoms with Crippen molar-refractivity contribution in [1.82, 2.24) is 4.90 Å². The molecule has 0 bridgehead atoms. The molecule has 2 unspecified atom stereocenters. The molecule has 0 saturated carbocycles. The van der Waals surface area contributed by atoms with E-state index in [1.807, 2.05) is 24.3 Å². The van der Waals surface area contributed by atoms with Gasteiger partial charge in [-0.25, -0.2) is 4.39 Å². The molecule has 0 spiro atoms. The van der Waals surface area contributed by atoms with Gasteiger partial charge in [-0.3, -0.25) is 4.90 Å². The zero-order chi connectivity index (χ0) is 23.1. The first kappa shape index (κ1) is 24.7. The number of halogens is 3. The van der Waals surface area contributed by atoms with Crippen molar-refractivity contribution >= 4 is 31.5 Å². The molecule has 1 aliphatic heterocycles. The molecule has 2 aromatic rings. The van der Waals surface area contributed by atoms with Gasteiger partial charge in [0.15, 0.2) is 8.32 Å². The van der Waals surface area contributed by atoms with Gasteiger partial charge < -0.3 is 4.43 Å². The van der Waals surface area contributed by atoms with Crippen molar-refractivity contribution in [1.29, 1.82) is 0 Å². The van der Waals surface area contributed by atoms with Crippen LogP contribution in [0.5, 0.6) is 0 Å². The largest absolute Gasteiger partial charge is 0.408 e. The van der Waals surface area contributed by atoms with Crippen LogP contribution >= 0.6 is 23.2 Å². The summed E-state index contributed by atoms with van der Waals surface area (Å²) in [5, 5.41) is 0.850. The smallest absolute Gasteiger partial charge is 0.193 e. The van der Waals surface area contributed by atoms with Crippen LogP contribution in [0, 0.1) is 11.7 Å². The lowest BCUT2D eigenvalue weighted by atomic mass is 9.95. The molecule has 2 aromatic carbocycles. The Hall–Kier alpha value is -0.913. The van der Waals surface area contributed by atoms with Crippen molar-refractivity contribution < 1.29 is 8.82 Å². The van der Waals surface area contributed by atoms with Gasteiger partial charge in [0.2, 0.25) is 0 Å². The van der Waals surface area contributed by atoms with E-state index in [0.717, 1.165) is 17.7 Å². The van der Waals surface area contributed by atoms with Gasteiger partial charge in [0, 0.05) is 17.6 Å². The summed E-state index contributed by atoms with van der Waals surface area (Å²) < 4.78 is 21.6. The Kier molecular flexibility index (Phi) is 7.29. The van der Waals surface area contributed by atoms with E-state index in [0.29, 0.717) is 17.0 Å². The fourth-order valence-corrected chi connectivity index (χ4v) is 5.38. The first-order valence-corrected chi connectivity index (χ1v) is 14.6. The number of hydrogen-bond acceptors (Lipinski definition) is 2. The van der Waals surface area contributed by atoms with Crippen molar-refractivity contribution in [2.75, 3.05) is 6.54 Å². The second kappa shape index (κ2) is 9.15. The average molecular weight is 483 g/mol. The van der Waals surface area contributed by atoms with Crippen molar-refractivity contribution in [3.8, 4) is 0 Å². The first-order valence-electron chi connectivity index (χ1n) is 11.0. The Morgan fingerprint density at radius 2 is 1.74 bits per heavy atom. The Morgan fingerprint density at radius 3 is 2.26 bits per heavy atom. The highest BCUT2D eigenvalue weighted by Gasteiger charge is 2.49. The van der Waals surface area contributed by atoms with Gasteiger partial charge in [-0.15, -0.1) is 0 Å². The topological polar surface area (TPSA) is 12.2 Å². The molecule has 0 amide bonds. The van der Waals surface area contributed by atoms with Crippen LogP contribution in [0.3, 0.4) is 0 Å². The standard InChI is InChI=1S/C25H34Cl2FNOSi/c1-16(2)22-15-29(22)23(17-11-12-20(27)21(28)14-17)24(18-9-8-10-19(26)13-18)30-31(6,7)25(3,4)5/h8-14,16,22-24H,15H2,1-7H3/t22?,23-,24-,29?/m1/s1. The van der Waals surface area contributed by atoms with Gasteiger partial charge in [0.05, 0.1) is 17.2 Å². The van der Waals surface area contributed by atoms with Crippen LogP contribution in [0.4, 0.5) is 4.39 Å². The number of rotatable bonds is 7. The van der Waals surface area contributed by atoms with Crippen LogP contribution < -0.4 is 0 Å². The van der Waals surface area contributed by atoms with E-state index >= 15 is 0 Å². The summed E-state index contributed by atoms with van der Waals surface area (Å²) >= 11 is 12.4. The molecule has 2 nitrogen and oxygen atoms in total. The maximum Gasteiger partial charge on any atom is 0.193 e. The van der Waals surface area contributed by atoms with Crippen LogP contribution in [0.25, 0.3) is 0 Å². The van der Waals surface area contributed by atoms with Gasteiger partial charge in [-0.05, 0) is 59.4 Å². The molecule has 4 atom stereocenters. The van der Waals surface area contributed by atoms with Crippen LogP contribution in [0.2, 0.25) is 28.2 Å². The summed E-state index contributed by atoms with van der Waals surface area (Å²) in [4.78, 5) is 2.42. The van der Waals surface area contributed by atoms with Gasteiger partial charge in [-0.2, -0.15) is 0 Å². The molecule has 6 heteroatoms. The van der Waals surface area contributed by atoms with E-state index in [-0.39, 0.29) is 22.2 Å². The molecular formula is C25H34Cl2FNOSi. The van der Waals surface area contributed by atoms with Crippen molar-refractivity contribution in [3.05, 3.63) is 69.5 Å². The van der Waals surface area contributed by atoms with Gasteiger partial charge in [0.1, 0.15) is 5.82 Å². The number of nitrogens with zero attached hydrogens (tertiary/aromatic N) is 1. The molecule has 0 N–H and O–H groups in total. The van der Waals surface area contributed by atoms with Crippen molar-refractivity contribution in [2.24, 2.45) is 5.92 Å². The molecule has 170 valence electrons. The highest BCUT2D eigenvalue weighted by Crippen LogP contribution is 2.49. The maximum atomic E-state index is 14.5. The molecule has 0 aromatic heterocycles. The summed E-state index contributed by atoms with van der Waals surface area (Å²) in [5.74, 6) is 0.108. The van der Waals surface area contributed by atoms with Gasteiger partial charge in [0.25, 0.3) is 0 Å². The zero-order valence-electron chi connectivity index (χ0n) is 19.5. The summed E-state index contributed by atoms with van der Waals surface area (Å²) in [6.07, 6.45) is -0.260. The number of benzene rings is 2. The Balaban J connectivity index is 2.13. The molecule has 3 rings (SSSR count). The van der Waals surface area contributed by atoms with E-state index in [9.17, 15) is 4.39 Å². The molecule has 1 fully saturated rings. The van der Waals surface area contributed by atoms with Gasteiger partial charge >= 0.3 is 0 Å². The Labute approximate surface area is 197 Å². The normalized spacial score (nSPS) is 21.3. The first-order chi connectivity index (χ1) is 14.3. The van der Waals surface area contributed by atoms with E-state index in [2.05, 4.69) is 58.7 Å². The molecule has 1 heterocycles. The summed E-state index contributed by atoms with van der Waals surface area (Å²) in [6, 6.07) is 13.3. The van der Waals surface area contributed by atoms with Crippen LogP contribution in [0.1, 0.15) is 57.9 Å². The molecule has 1 saturated heterocycles. The van der Waals surface area contributed by atoms with Crippen LogP contribution in [-0.4, -0.2) is 25.8 Å².